The highest BCUT2D eigenvalue weighted by atomic mass is 79.9. The number of rotatable bonds is 4. The predicted molar refractivity (Wildman–Crippen MR) is 95.3 cm³/mol. The number of esters is 1. The minimum atomic E-state index is -0.593. The first-order valence-electron chi connectivity index (χ1n) is 7.30. The van der Waals surface area contributed by atoms with Gasteiger partial charge in [-0.15, -0.1) is 0 Å². The molecule has 7 nitrogen and oxygen atoms in total. The van der Waals surface area contributed by atoms with Gasteiger partial charge in [0, 0.05) is 18.1 Å². The fourth-order valence-electron chi connectivity index (χ4n) is 2.49. The third-order valence-corrected chi connectivity index (χ3v) is 4.11. The number of nitriles is 1. The van der Waals surface area contributed by atoms with Gasteiger partial charge >= 0.3 is 5.97 Å². The van der Waals surface area contributed by atoms with E-state index in [0.717, 1.165) is 10.0 Å². The van der Waals surface area contributed by atoms with Crippen LogP contribution in [0.25, 0.3) is 5.69 Å². The fourth-order valence-corrected chi connectivity index (χ4v) is 2.82. The highest BCUT2D eigenvalue weighted by molar-refractivity contribution is 9.10. The lowest BCUT2D eigenvalue weighted by molar-refractivity contribution is 0.0593. The number of anilines is 1. The average molecular weight is 400 g/mol. The summed E-state index contributed by atoms with van der Waals surface area (Å²) in [5.41, 5.74) is 8.13. The first kappa shape index (κ1) is 16.8. The van der Waals surface area contributed by atoms with Gasteiger partial charge in [-0.25, -0.2) is 4.79 Å². The van der Waals surface area contributed by atoms with Gasteiger partial charge in [0.25, 0.3) is 0 Å². The van der Waals surface area contributed by atoms with Gasteiger partial charge in [-0.2, -0.15) is 10.4 Å². The van der Waals surface area contributed by atoms with E-state index in [1.165, 1.54) is 13.3 Å². The van der Waals surface area contributed by atoms with Crippen LogP contribution in [0.2, 0.25) is 0 Å². The van der Waals surface area contributed by atoms with E-state index >= 15 is 0 Å². The van der Waals surface area contributed by atoms with Crippen molar-refractivity contribution < 1.29 is 9.53 Å². The van der Waals surface area contributed by atoms with Crippen molar-refractivity contribution in [3.63, 3.8) is 0 Å². The lowest BCUT2D eigenvalue weighted by Crippen LogP contribution is -2.11. The highest BCUT2D eigenvalue weighted by Gasteiger charge is 2.21. The Morgan fingerprint density at radius 1 is 1.36 bits per heavy atom. The number of carbonyl (C=O) groups is 1. The maximum absolute atomic E-state index is 12.0. The lowest BCUT2D eigenvalue weighted by Gasteiger charge is -2.09. The van der Waals surface area contributed by atoms with Crippen molar-refractivity contribution in [3.05, 3.63) is 64.1 Å². The quantitative estimate of drug-likeness (QED) is 0.679. The molecule has 0 atom stereocenters. The summed E-state index contributed by atoms with van der Waals surface area (Å²) in [5.74, 6) is -0.593. The molecule has 0 unspecified atom stereocenters. The summed E-state index contributed by atoms with van der Waals surface area (Å²) in [7, 11) is 1.27. The average Bonchev–Trinajstić information content (AvgIpc) is 3.17. The number of aromatic nitrogens is 3. The van der Waals surface area contributed by atoms with Gasteiger partial charge in [0.15, 0.2) is 5.69 Å². The van der Waals surface area contributed by atoms with E-state index in [2.05, 4.69) is 21.0 Å². The summed E-state index contributed by atoms with van der Waals surface area (Å²) < 4.78 is 9.06. The normalized spacial score (nSPS) is 10.4. The molecular formula is C17H14BrN5O2. The van der Waals surface area contributed by atoms with Gasteiger partial charge in [-0.05, 0) is 33.6 Å². The summed E-state index contributed by atoms with van der Waals surface area (Å²) in [6.07, 6.45) is 5.14. The summed E-state index contributed by atoms with van der Waals surface area (Å²) in [5, 5.41) is 13.4. The van der Waals surface area contributed by atoms with Crippen LogP contribution < -0.4 is 5.73 Å². The number of hydrogen-bond donors (Lipinski definition) is 1. The Kier molecular flexibility index (Phi) is 4.59. The molecule has 0 fully saturated rings. The molecule has 126 valence electrons. The van der Waals surface area contributed by atoms with E-state index in [9.17, 15) is 4.79 Å². The second-order valence-electron chi connectivity index (χ2n) is 5.30. The molecule has 0 aliphatic heterocycles. The lowest BCUT2D eigenvalue weighted by atomic mass is 10.2. The molecule has 0 radical (unpaired) electrons. The number of methoxy groups -OCH3 is 1. The molecule has 25 heavy (non-hydrogen) atoms. The molecule has 8 heteroatoms. The molecule has 2 aromatic heterocycles. The number of hydrogen-bond acceptors (Lipinski definition) is 5. The number of nitrogens with two attached hydrogens (primary N) is 1. The van der Waals surface area contributed by atoms with E-state index in [0.29, 0.717) is 12.2 Å². The molecule has 2 N–H and O–H groups in total. The Hall–Kier alpha value is -3.05. The molecule has 0 aliphatic rings. The maximum atomic E-state index is 12.0. The van der Waals surface area contributed by atoms with E-state index in [-0.39, 0.29) is 16.9 Å². The first-order valence-corrected chi connectivity index (χ1v) is 8.09. The number of nitrogen functional groups attached to an aromatic ring is 1. The molecule has 1 aromatic carbocycles. The molecule has 3 rings (SSSR count). The molecular weight excluding hydrogens is 386 g/mol. The van der Waals surface area contributed by atoms with E-state index in [4.69, 9.17) is 15.7 Å². The van der Waals surface area contributed by atoms with Gasteiger partial charge in [-0.1, -0.05) is 12.1 Å². The molecule has 0 bridgehead atoms. The molecule has 2 heterocycles. The fraction of sp³-hybridized carbons (Fsp3) is 0.118. The standard InChI is InChI=1S/C17H14BrN5O2/c1-25-17(24)16-15(20)12(6-19)9-23(16)14-4-2-11(3-5-14)8-22-10-13(18)7-21-22/h2-5,7,9-10H,8,20H2,1H3. The maximum Gasteiger partial charge on any atom is 0.357 e. The third kappa shape index (κ3) is 3.27. The van der Waals surface area contributed by atoms with E-state index < -0.39 is 5.97 Å². The van der Waals surface area contributed by atoms with Crippen molar-refractivity contribution in [2.24, 2.45) is 0 Å². The van der Waals surface area contributed by atoms with E-state index in [1.807, 2.05) is 36.5 Å². The van der Waals surface area contributed by atoms with Gasteiger partial charge in [0.2, 0.25) is 0 Å². The topological polar surface area (TPSA) is 98.9 Å². The third-order valence-electron chi connectivity index (χ3n) is 3.70. The van der Waals surface area contributed by atoms with Crippen molar-refractivity contribution in [2.75, 3.05) is 12.8 Å². The Bertz CT molecular complexity index is 966. The molecule has 3 aromatic rings. The van der Waals surface area contributed by atoms with Crippen molar-refractivity contribution in [2.45, 2.75) is 6.54 Å². The van der Waals surface area contributed by atoms with Gasteiger partial charge in [0.1, 0.15) is 6.07 Å². The second-order valence-corrected chi connectivity index (χ2v) is 6.22. The van der Waals surface area contributed by atoms with E-state index in [1.54, 1.807) is 15.4 Å². The van der Waals surface area contributed by atoms with Crippen molar-refractivity contribution in [1.82, 2.24) is 14.3 Å². The van der Waals surface area contributed by atoms with Crippen molar-refractivity contribution in [3.8, 4) is 11.8 Å². The number of halogens is 1. The Morgan fingerprint density at radius 3 is 2.64 bits per heavy atom. The van der Waals surface area contributed by atoms with Crippen LogP contribution in [-0.2, 0) is 11.3 Å². The van der Waals surface area contributed by atoms with Crippen LogP contribution in [0.15, 0.2) is 47.3 Å². The SMILES string of the molecule is COC(=O)c1c(N)c(C#N)cn1-c1ccc(Cn2cc(Br)cn2)cc1. The summed E-state index contributed by atoms with van der Waals surface area (Å²) in [6, 6.07) is 9.53. The van der Waals surface area contributed by atoms with Crippen molar-refractivity contribution >= 4 is 27.6 Å². The first-order chi connectivity index (χ1) is 12.0. The van der Waals surface area contributed by atoms with Crippen LogP contribution in [0, 0.1) is 11.3 Å². The number of nitrogens with zero attached hydrogens (tertiary/aromatic N) is 4. The monoisotopic (exact) mass is 399 g/mol. The second kappa shape index (κ2) is 6.83. The number of benzene rings is 1. The molecule has 0 aliphatic carbocycles. The minimum Gasteiger partial charge on any atom is -0.464 e. The molecule has 0 spiro atoms. The smallest absolute Gasteiger partial charge is 0.357 e. The molecule has 0 saturated heterocycles. The van der Waals surface area contributed by atoms with Crippen molar-refractivity contribution in [1.29, 1.82) is 5.26 Å². The Balaban J connectivity index is 1.95. The van der Waals surface area contributed by atoms with Crippen LogP contribution >= 0.6 is 15.9 Å². The molecule has 0 amide bonds. The highest BCUT2D eigenvalue weighted by Crippen LogP contribution is 2.25. The Labute approximate surface area is 152 Å². The van der Waals surface area contributed by atoms with Crippen LogP contribution in [-0.4, -0.2) is 27.4 Å². The largest absolute Gasteiger partial charge is 0.464 e. The van der Waals surface area contributed by atoms with Crippen LogP contribution in [0.4, 0.5) is 5.69 Å². The zero-order valence-corrected chi connectivity index (χ0v) is 14.9. The van der Waals surface area contributed by atoms with Gasteiger partial charge in [0.05, 0.1) is 35.6 Å². The number of carbonyl (C=O) groups excluding carboxylic acids is 1. The summed E-state index contributed by atoms with van der Waals surface area (Å²) in [4.78, 5) is 12.0. The van der Waals surface area contributed by atoms with Crippen LogP contribution in [0.5, 0.6) is 0 Å². The van der Waals surface area contributed by atoms with Crippen LogP contribution in [0.1, 0.15) is 21.6 Å². The summed E-state index contributed by atoms with van der Waals surface area (Å²) in [6.45, 7) is 0.618. The Morgan fingerprint density at radius 2 is 2.08 bits per heavy atom. The minimum absolute atomic E-state index is 0.111. The zero-order chi connectivity index (χ0) is 18.0. The predicted octanol–water partition coefficient (Wildman–Crippen LogP) is 2.73. The zero-order valence-electron chi connectivity index (χ0n) is 13.3. The number of ether oxygens (including phenoxy) is 1. The molecule has 0 saturated carbocycles. The van der Waals surface area contributed by atoms with Crippen LogP contribution in [0.3, 0.4) is 0 Å². The van der Waals surface area contributed by atoms with Gasteiger partial charge < -0.3 is 15.0 Å². The van der Waals surface area contributed by atoms with Gasteiger partial charge in [-0.3, -0.25) is 4.68 Å². The summed E-state index contributed by atoms with van der Waals surface area (Å²) >= 11 is 3.36.